The molecule has 0 bridgehead atoms. The maximum Gasteiger partial charge on any atom is 0.354 e. The van der Waals surface area contributed by atoms with Gasteiger partial charge in [0.15, 0.2) is 5.78 Å². The maximum atomic E-state index is 12.6. The summed E-state index contributed by atoms with van der Waals surface area (Å²) >= 11 is 0. The first-order valence-electron chi connectivity index (χ1n) is 7.47. The summed E-state index contributed by atoms with van der Waals surface area (Å²) in [5.74, 6) is -0.466. The summed E-state index contributed by atoms with van der Waals surface area (Å²) in [5, 5.41) is 0. The van der Waals surface area contributed by atoms with E-state index < -0.39 is 5.97 Å². The molecule has 0 radical (unpaired) electrons. The van der Waals surface area contributed by atoms with Crippen LogP contribution in [0.3, 0.4) is 0 Å². The Bertz CT molecular complexity index is 705. The molecule has 0 aliphatic carbocycles. The lowest BCUT2D eigenvalue weighted by molar-refractivity contribution is 0.0594. The Kier molecular flexibility index (Phi) is 5.34. The Morgan fingerprint density at radius 1 is 1.17 bits per heavy atom. The number of aryl methyl sites for hydroxylation is 1. The Morgan fingerprint density at radius 2 is 1.83 bits per heavy atom. The van der Waals surface area contributed by atoms with Gasteiger partial charge in [-0.25, -0.2) is 4.79 Å². The van der Waals surface area contributed by atoms with Crippen molar-refractivity contribution in [1.82, 2.24) is 9.88 Å². The molecule has 1 N–H and O–H groups in total. The number of methoxy groups -OCH3 is 1. The highest BCUT2D eigenvalue weighted by atomic mass is 16.5. The van der Waals surface area contributed by atoms with E-state index in [9.17, 15) is 9.59 Å². The zero-order valence-electron chi connectivity index (χ0n) is 14.0. The molecule has 23 heavy (non-hydrogen) atoms. The minimum atomic E-state index is -0.456. The zero-order chi connectivity index (χ0) is 17.0. The van der Waals surface area contributed by atoms with Crippen molar-refractivity contribution < 1.29 is 14.3 Å². The largest absolute Gasteiger partial charge is 0.464 e. The molecule has 0 aliphatic rings. The number of Topliss-reactive ketones (excluding diaryl/α,β-unsaturated/α-hetero) is 1. The second-order valence-electron chi connectivity index (χ2n) is 5.70. The van der Waals surface area contributed by atoms with E-state index in [2.05, 4.69) is 4.98 Å². The Morgan fingerprint density at radius 3 is 2.43 bits per heavy atom. The molecule has 1 aromatic heterocycles. The number of ketones is 1. The van der Waals surface area contributed by atoms with Crippen LogP contribution in [0.4, 0.5) is 0 Å². The van der Waals surface area contributed by atoms with Crippen LogP contribution < -0.4 is 0 Å². The van der Waals surface area contributed by atoms with Crippen molar-refractivity contribution >= 4 is 11.8 Å². The Hall–Kier alpha value is -2.40. The molecule has 0 aliphatic heterocycles. The van der Waals surface area contributed by atoms with Crippen LogP contribution in [0, 0.1) is 13.8 Å². The Labute approximate surface area is 136 Å². The molecule has 5 nitrogen and oxygen atoms in total. The number of carbonyl (C=O) groups excluding carboxylic acids is 2. The van der Waals surface area contributed by atoms with E-state index in [4.69, 9.17) is 4.74 Å². The predicted molar refractivity (Wildman–Crippen MR) is 88.7 cm³/mol. The first-order valence-corrected chi connectivity index (χ1v) is 7.47. The molecule has 5 heteroatoms. The van der Waals surface area contributed by atoms with E-state index in [1.54, 1.807) is 13.8 Å². The smallest absolute Gasteiger partial charge is 0.354 e. The summed E-state index contributed by atoms with van der Waals surface area (Å²) in [7, 11) is 3.23. The van der Waals surface area contributed by atoms with Crippen LogP contribution in [0.1, 0.15) is 37.7 Å². The minimum absolute atomic E-state index is 0.00941. The molecule has 0 saturated heterocycles. The number of esters is 1. The molecular formula is C18H22N2O3. The monoisotopic (exact) mass is 314 g/mol. The Balaban J connectivity index is 2.12. The molecule has 0 atom stereocenters. The number of aromatic amines is 1. The van der Waals surface area contributed by atoms with Crippen LogP contribution in [-0.2, 0) is 11.3 Å². The van der Waals surface area contributed by atoms with Gasteiger partial charge in [-0.2, -0.15) is 0 Å². The molecular weight excluding hydrogens is 292 g/mol. The van der Waals surface area contributed by atoms with Gasteiger partial charge in [-0.3, -0.25) is 9.69 Å². The van der Waals surface area contributed by atoms with E-state index in [-0.39, 0.29) is 12.3 Å². The van der Waals surface area contributed by atoms with Gasteiger partial charge in [-0.05, 0) is 32.0 Å². The molecule has 0 spiro atoms. The normalized spacial score (nSPS) is 10.8. The highest BCUT2D eigenvalue weighted by Crippen LogP contribution is 2.19. The van der Waals surface area contributed by atoms with Gasteiger partial charge in [-0.1, -0.05) is 30.3 Å². The SMILES string of the molecule is COC(=O)c1[nH]c(C)c(C(=O)CN(C)Cc2ccccc2)c1C. The van der Waals surface area contributed by atoms with Crippen LogP contribution in [0.2, 0.25) is 0 Å². The van der Waals surface area contributed by atoms with Crippen LogP contribution in [0.15, 0.2) is 30.3 Å². The number of hydrogen-bond donors (Lipinski definition) is 1. The van der Waals surface area contributed by atoms with Crippen molar-refractivity contribution in [2.45, 2.75) is 20.4 Å². The predicted octanol–water partition coefficient (Wildman–Crippen LogP) is 2.73. The third-order valence-electron chi connectivity index (χ3n) is 3.81. The highest BCUT2D eigenvalue weighted by Gasteiger charge is 2.22. The van der Waals surface area contributed by atoms with Crippen molar-refractivity contribution in [3.05, 3.63) is 58.4 Å². The topological polar surface area (TPSA) is 62.4 Å². The molecule has 0 amide bonds. The molecule has 0 saturated carbocycles. The van der Waals surface area contributed by atoms with Gasteiger partial charge >= 0.3 is 5.97 Å². The lowest BCUT2D eigenvalue weighted by atomic mass is 10.1. The van der Waals surface area contributed by atoms with Gasteiger partial charge in [0, 0.05) is 17.8 Å². The van der Waals surface area contributed by atoms with Crippen molar-refractivity contribution in [1.29, 1.82) is 0 Å². The van der Waals surface area contributed by atoms with Gasteiger partial charge < -0.3 is 9.72 Å². The van der Waals surface area contributed by atoms with Crippen LogP contribution in [0.5, 0.6) is 0 Å². The lowest BCUT2D eigenvalue weighted by Gasteiger charge is -2.16. The van der Waals surface area contributed by atoms with Crippen molar-refractivity contribution in [3.8, 4) is 0 Å². The molecule has 1 heterocycles. The first-order chi connectivity index (χ1) is 10.9. The number of nitrogens with one attached hydrogen (secondary N) is 1. The van der Waals surface area contributed by atoms with E-state index >= 15 is 0 Å². The second-order valence-corrected chi connectivity index (χ2v) is 5.70. The molecule has 0 unspecified atom stereocenters. The van der Waals surface area contributed by atoms with Gasteiger partial charge in [-0.15, -0.1) is 0 Å². The fourth-order valence-corrected chi connectivity index (χ4v) is 2.75. The van der Waals surface area contributed by atoms with Crippen LogP contribution >= 0.6 is 0 Å². The highest BCUT2D eigenvalue weighted by molar-refractivity contribution is 6.03. The quantitative estimate of drug-likeness (QED) is 0.658. The summed E-state index contributed by atoms with van der Waals surface area (Å²) in [5.41, 5.74) is 3.42. The van der Waals surface area contributed by atoms with Gasteiger partial charge in [0.1, 0.15) is 5.69 Å². The molecule has 1 aromatic carbocycles. The van der Waals surface area contributed by atoms with Crippen LogP contribution in [-0.4, -0.2) is 42.3 Å². The number of hydrogen-bond acceptors (Lipinski definition) is 4. The number of ether oxygens (including phenoxy) is 1. The van der Waals surface area contributed by atoms with Gasteiger partial charge in [0.2, 0.25) is 0 Å². The molecule has 122 valence electrons. The molecule has 2 aromatic rings. The number of benzene rings is 1. The summed E-state index contributed by atoms with van der Waals surface area (Å²) in [4.78, 5) is 29.2. The average molecular weight is 314 g/mol. The number of carbonyl (C=O) groups is 2. The number of nitrogens with zero attached hydrogens (tertiary/aromatic N) is 1. The zero-order valence-corrected chi connectivity index (χ0v) is 14.0. The lowest BCUT2D eigenvalue weighted by Crippen LogP contribution is -2.26. The summed E-state index contributed by atoms with van der Waals surface area (Å²) in [6.07, 6.45) is 0. The van der Waals surface area contributed by atoms with E-state index in [1.807, 2.05) is 42.3 Å². The number of rotatable bonds is 6. The van der Waals surface area contributed by atoms with Gasteiger partial charge in [0.05, 0.1) is 13.7 Å². The van der Waals surface area contributed by atoms with E-state index in [0.29, 0.717) is 29.1 Å². The summed E-state index contributed by atoms with van der Waals surface area (Å²) in [6.45, 7) is 4.54. The van der Waals surface area contributed by atoms with Crippen molar-refractivity contribution in [2.24, 2.45) is 0 Å². The number of H-pyrrole nitrogens is 1. The number of likely N-dealkylation sites (N-methyl/N-ethyl adjacent to an activating group) is 1. The maximum absolute atomic E-state index is 12.6. The third-order valence-corrected chi connectivity index (χ3v) is 3.81. The number of aromatic nitrogens is 1. The first kappa shape index (κ1) is 17.0. The van der Waals surface area contributed by atoms with Crippen LogP contribution in [0.25, 0.3) is 0 Å². The fourth-order valence-electron chi connectivity index (χ4n) is 2.75. The summed E-state index contributed by atoms with van der Waals surface area (Å²) in [6, 6.07) is 9.99. The fraction of sp³-hybridized carbons (Fsp3) is 0.333. The molecule has 2 rings (SSSR count). The van der Waals surface area contributed by atoms with Crippen molar-refractivity contribution in [3.63, 3.8) is 0 Å². The minimum Gasteiger partial charge on any atom is -0.464 e. The molecule has 0 fully saturated rings. The standard InChI is InChI=1S/C18H22N2O3/c1-12-16(13(2)19-17(12)18(22)23-4)15(21)11-20(3)10-14-8-6-5-7-9-14/h5-9,19H,10-11H2,1-4H3. The summed E-state index contributed by atoms with van der Waals surface area (Å²) < 4.78 is 4.73. The van der Waals surface area contributed by atoms with E-state index in [0.717, 1.165) is 5.56 Å². The second kappa shape index (κ2) is 7.24. The average Bonchev–Trinajstić information content (AvgIpc) is 2.82. The van der Waals surface area contributed by atoms with Crippen molar-refractivity contribution in [2.75, 3.05) is 20.7 Å². The van der Waals surface area contributed by atoms with E-state index in [1.165, 1.54) is 7.11 Å². The third kappa shape index (κ3) is 3.87. The van der Waals surface area contributed by atoms with Gasteiger partial charge in [0.25, 0.3) is 0 Å².